The zero-order valence-corrected chi connectivity index (χ0v) is 15.6. The number of amides is 1. The summed E-state index contributed by atoms with van der Waals surface area (Å²) in [6.45, 7) is 3.41. The molecule has 2 heterocycles. The first-order chi connectivity index (χ1) is 13.3. The molecule has 148 valence electrons. The third-order valence-electron chi connectivity index (χ3n) is 4.12. The van der Waals surface area contributed by atoms with E-state index in [0.717, 1.165) is 30.5 Å². The molecule has 3 aromatic rings. The van der Waals surface area contributed by atoms with Crippen molar-refractivity contribution in [2.45, 2.75) is 6.92 Å². The SMILES string of the molecule is Cc1c(NCCN(C)C)ccc2nc(NC(=O)c3ccc(F)c(F)c3F)nn12. The van der Waals surface area contributed by atoms with Crippen molar-refractivity contribution in [2.75, 3.05) is 37.8 Å². The van der Waals surface area contributed by atoms with Crippen LogP contribution in [0.4, 0.5) is 24.8 Å². The van der Waals surface area contributed by atoms with Crippen LogP contribution in [0.3, 0.4) is 0 Å². The van der Waals surface area contributed by atoms with E-state index in [1.54, 1.807) is 6.07 Å². The predicted octanol–water partition coefficient (Wildman–Crippen LogP) is 2.68. The van der Waals surface area contributed by atoms with E-state index in [2.05, 4.69) is 20.7 Å². The number of carbonyl (C=O) groups is 1. The molecule has 0 radical (unpaired) electrons. The van der Waals surface area contributed by atoms with Gasteiger partial charge in [-0.3, -0.25) is 10.1 Å². The lowest BCUT2D eigenvalue weighted by atomic mass is 10.2. The minimum absolute atomic E-state index is 0.0809. The Bertz CT molecular complexity index is 1030. The number of halogens is 3. The van der Waals surface area contributed by atoms with Crippen LogP contribution in [0.15, 0.2) is 24.3 Å². The van der Waals surface area contributed by atoms with Crippen LogP contribution >= 0.6 is 0 Å². The van der Waals surface area contributed by atoms with E-state index in [1.165, 1.54) is 4.52 Å². The molecule has 0 saturated heterocycles. The Morgan fingerprint density at radius 2 is 1.89 bits per heavy atom. The number of nitrogens with zero attached hydrogens (tertiary/aromatic N) is 4. The number of aryl methyl sites for hydroxylation is 1. The van der Waals surface area contributed by atoms with Gasteiger partial charge in [-0.2, -0.15) is 4.98 Å². The summed E-state index contributed by atoms with van der Waals surface area (Å²) >= 11 is 0. The number of aromatic nitrogens is 3. The van der Waals surface area contributed by atoms with Crippen molar-refractivity contribution in [3.05, 3.63) is 53.0 Å². The average molecular weight is 392 g/mol. The maximum atomic E-state index is 13.8. The molecule has 0 spiro atoms. The Morgan fingerprint density at radius 3 is 2.61 bits per heavy atom. The first-order valence-corrected chi connectivity index (χ1v) is 8.47. The van der Waals surface area contributed by atoms with Crippen molar-refractivity contribution in [2.24, 2.45) is 0 Å². The van der Waals surface area contributed by atoms with Crippen molar-refractivity contribution in [1.29, 1.82) is 0 Å². The average Bonchev–Trinajstić information content (AvgIpc) is 3.04. The number of fused-ring (bicyclic) bond motifs is 1. The standard InChI is InChI=1S/C18H19F3N6O/c1-10-13(22-8-9-26(2)3)6-7-14-23-18(25-27(10)14)24-17(28)11-4-5-12(19)16(21)15(11)20/h4-7,22H,8-9H2,1-3H3,(H,24,25,28). The van der Waals surface area contributed by atoms with Crippen molar-refractivity contribution in [3.8, 4) is 0 Å². The number of hydrogen-bond donors (Lipinski definition) is 2. The molecule has 10 heteroatoms. The second-order valence-electron chi connectivity index (χ2n) is 6.44. The quantitative estimate of drug-likeness (QED) is 0.631. The van der Waals surface area contributed by atoms with Gasteiger partial charge in [0.2, 0.25) is 5.95 Å². The number of pyridine rings is 1. The van der Waals surface area contributed by atoms with Crippen LogP contribution in [0.1, 0.15) is 16.1 Å². The van der Waals surface area contributed by atoms with Crippen molar-refractivity contribution < 1.29 is 18.0 Å². The number of anilines is 2. The van der Waals surface area contributed by atoms with E-state index < -0.39 is 28.9 Å². The second kappa shape index (κ2) is 7.85. The highest BCUT2D eigenvalue weighted by atomic mass is 19.2. The molecular formula is C18H19F3N6O. The molecule has 0 unspecified atom stereocenters. The van der Waals surface area contributed by atoms with Crippen LogP contribution in [0.2, 0.25) is 0 Å². The highest BCUT2D eigenvalue weighted by Crippen LogP contribution is 2.19. The van der Waals surface area contributed by atoms with Gasteiger partial charge in [0, 0.05) is 13.1 Å². The van der Waals surface area contributed by atoms with Gasteiger partial charge in [0.15, 0.2) is 23.1 Å². The van der Waals surface area contributed by atoms with Crippen LogP contribution in [0.5, 0.6) is 0 Å². The van der Waals surface area contributed by atoms with E-state index in [9.17, 15) is 18.0 Å². The molecule has 0 aliphatic heterocycles. The van der Waals surface area contributed by atoms with Crippen LogP contribution in [-0.2, 0) is 0 Å². The summed E-state index contributed by atoms with van der Waals surface area (Å²) in [6, 6.07) is 5.10. The summed E-state index contributed by atoms with van der Waals surface area (Å²) in [6.07, 6.45) is 0. The van der Waals surface area contributed by atoms with Gasteiger partial charge in [-0.05, 0) is 45.3 Å². The van der Waals surface area contributed by atoms with Crippen LogP contribution in [0, 0.1) is 24.4 Å². The summed E-state index contributed by atoms with van der Waals surface area (Å²) in [5.74, 6) is -5.70. The van der Waals surface area contributed by atoms with Crippen LogP contribution < -0.4 is 10.6 Å². The van der Waals surface area contributed by atoms with Crippen molar-refractivity contribution >= 4 is 23.2 Å². The Kier molecular flexibility index (Phi) is 5.50. The lowest BCUT2D eigenvalue weighted by Crippen LogP contribution is -2.21. The molecule has 1 amide bonds. The van der Waals surface area contributed by atoms with Gasteiger partial charge >= 0.3 is 0 Å². The minimum Gasteiger partial charge on any atom is -0.382 e. The van der Waals surface area contributed by atoms with Gasteiger partial charge < -0.3 is 10.2 Å². The van der Waals surface area contributed by atoms with Crippen LogP contribution in [-0.4, -0.2) is 52.6 Å². The van der Waals surface area contributed by atoms with Gasteiger partial charge in [-0.1, -0.05) is 0 Å². The zero-order valence-electron chi connectivity index (χ0n) is 15.6. The van der Waals surface area contributed by atoms with Crippen LogP contribution in [0.25, 0.3) is 5.65 Å². The van der Waals surface area contributed by atoms with Gasteiger partial charge in [0.25, 0.3) is 5.91 Å². The molecule has 1 aromatic carbocycles. The molecule has 0 atom stereocenters. The minimum atomic E-state index is -1.71. The molecule has 7 nitrogen and oxygen atoms in total. The summed E-state index contributed by atoms with van der Waals surface area (Å²) in [5.41, 5.74) is 1.45. The lowest BCUT2D eigenvalue weighted by Gasteiger charge is -2.13. The van der Waals surface area contributed by atoms with E-state index in [1.807, 2.05) is 32.0 Å². The van der Waals surface area contributed by atoms with E-state index in [-0.39, 0.29) is 5.95 Å². The molecule has 0 aliphatic carbocycles. The number of rotatable bonds is 6. The summed E-state index contributed by atoms with van der Waals surface area (Å²) in [4.78, 5) is 18.4. The van der Waals surface area contributed by atoms with Crippen molar-refractivity contribution in [3.63, 3.8) is 0 Å². The first-order valence-electron chi connectivity index (χ1n) is 8.47. The van der Waals surface area contributed by atoms with Crippen molar-refractivity contribution in [1.82, 2.24) is 19.5 Å². The molecular weight excluding hydrogens is 373 g/mol. The molecule has 28 heavy (non-hydrogen) atoms. The number of carbonyl (C=O) groups excluding carboxylic acids is 1. The number of benzene rings is 1. The molecule has 0 fully saturated rings. The largest absolute Gasteiger partial charge is 0.382 e. The fourth-order valence-corrected chi connectivity index (χ4v) is 2.60. The highest BCUT2D eigenvalue weighted by molar-refractivity contribution is 6.03. The summed E-state index contributed by atoms with van der Waals surface area (Å²) in [7, 11) is 3.94. The summed E-state index contributed by atoms with van der Waals surface area (Å²) in [5, 5.41) is 9.77. The fraction of sp³-hybridized carbons (Fsp3) is 0.278. The number of hydrogen-bond acceptors (Lipinski definition) is 5. The third-order valence-corrected chi connectivity index (χ3v) is 4.12. The van der Waals surface area contributed by atoms with Gasteiger partial charge in [0.05, 0.1) is 16.9 Å². The topological polar surface area (TPSA) is 74.6 Å². The summed E-state index contributed by atoms with van der Waals surface area (Å²) < 4.78 is 41.7. The molecule has 0 aliphatic rings. The smallest absolute Gasteiger partial charge is 0.261 e. The van der Waals surface area contributed by atoms with Gasteiger partial charge in [-0.15, -0.1) is 5.10 Å². The Labute approximate surface area is 159 Å². The molecule has 0 saturated carbocycles. The van der Waals surface area contributed by atoms with E-state index in [0.29, 0.717) is 11.7 Å². The number of nitrogens with one attached hydrogen (secondary N) is 2. The molecule has 2 aromatic heterocycles. The first kappa shape index (κ1) is 19.6. The number of likely N-dealkylation sites (N-methyl/N-ethyl adjacent to an activating group) is 1. The molecule has 3 rings (SSSR count). The maximum absolute atomic E-state index is 13.8. The predicted molar refractivity (Wildman–Crippen MR) is 99.0 cm³/mol. The zero-order chi connectivity index (χ0) is 20.4. The van der Waals surface area contributed by atoms with Gasteiger partial charge in [0.1, 0.15) is 0 Å². The Hall–Kier alpha value is -3.14. The third kappa shape index (κ3) is 3.91. The fourth-order valence-electron chi connectivity index (χ4n) is 2.60. The molecule has 0 bridgehead atoms. The second-order valence-corrected chi connectivity index (χ2v) is 6.44. The Balaban J connectivity index is 1.82. The van der Waals surface area contributed by atoms with E-state index >= 15 is 0 Å². The Morgan fingerprint density at radius 1 is 1.14 bits per heavy atom. The maximum Gasteiger partial charge on any atom is 0.261 e. The van der Waals surface area contributed by atoms with E-state index in [4.69, 9.17) is 0 Å². The van der Waals surface area contributed by atoms with Gasteiger partial charge in [-0.25, -0.2) is 17.7 Å². The monoisotopic (exact) mass is 392 g/mol. The highest BCUT2D eigenvalue weighted by Gasteiger charge is 2.20. The molecule has 2 N–H and O–H groups in total. The normalized spacial score (nSPS) is 11.2. The lowest BCUT2D eigenvalue weighted by molar-refractivity contribution is 0.102.